The van der Waals surface area contributed by atoms with Gasteiger partial charge in [-0.15, -0.1) is 0 Å². The van der Waals surface area contributed by atoms with Gasteiger partial charge in [0, 0.05) is 6.54 Å². The topological polar surface area (TPSA) is 108 Å². The molecule has 8 nitrogen and oxygen atoms in total. The first-order chi connectivity index (χ1) is 11.8. The number of hydrogen-bond donors (Lipinski definition) is 3. The van der Waals surface area contributed by atoms with Crippen LogP contribution in [0, 0.1) is 5.92 Å². The Kier molecular flexibility index (Phi) is 6.02. The second kappa shape index (κ2) is 7.84. The third kappa shape index (κ3) is 4.29. The lowest BCUT2D eigenvalue weighted by molar-refractivity contribution is -0.136. The van der Waals surface area contributed by atoms with Crippen LogP contribution in [0.4, 0.5) is 4.79 Å². The van der Waals surface area contributed by atoms with Crippen molar-refractivity contribution in [1.29, 1.82) is 0 Å². The Hall–Kier alpha value is -2.12. The first-order valence-corrected chi connectivity index (χ1v) is 9.00. The number of amides is 5. The van der Waals surface area contributed by atoms with Gasteiger partial charge >= 0.3 is 6.03 Å². The Morgan fingerprint density at radius 2 is 1.96 bits per heavy atom. The van der Waals surface area contributed by atoms with Crippen LogP contribution in [0.5, 0.6) is 0 Å². The van der Waals surface area contributed by atoms with E-state index in [-0.39, 0.29) is 18.4 Å². The third-order valence-corrected chi connectivity index (χ3v) is 5.00. The largest absolute Gasteiger partial charge is 0.354 e. The molecule has 2 fully saturated rings. The van der Waals surface area contributed by atoms with Crippen LogP contribution >= 0.6 is 0 Å². The summed E-state index contributed by atoms with van der Waals surface area (Å²) >= 11 is 0. The summed E-state index contributed by atoms with van der Waals surface area (Å²) in [7, 11) is 0. The molecular formula is C17H28N4O4. The van der Waals surface area contributed by atoms with E-state index in [1.807, 2.05) is 6.92 Å². The van der Waals surface area contributed by atoms with Gasteiger partial charge in [-0.3, -0.25) is 19.3 Å². The first kappa shape index (κ1) is 19.2. The summed E-state index contributed by atoms with van der Waals surface area (Å²) in [5, 5.41) is 7.99. The van der Waals surface area contributed by atoms with Gasteiger partial charge in [0.15, 0.2) is 0 Å². The Morgan fingerprint density at radius 3 is 2.56 bits per heavy atom. The highest BCUT2D eigenvalue weighted by atomic mass is 16.2. The first-order valence-electron chi connectivity index (χ1n) is 9.00. The van der Waals surface area contributed by atoms with Gasteiger partial charge in [0.25, 0.3) is 5.91 Å². The van der Waals surface area contributed by atoms with Gasteiger partial charge in [-0.1, -0.05) is 13.8 Å². The minimum atomic E-state index is -0.853. The summed E-state index contributed by atoms with van der Waals surface area (Å²) in [5.41, 5.74) is -0.853. The maximum atomic E-state index is 12.7. The van der Waals surface area contributed by atoms with E-state index in [0.717, 1.165) is 24.2 Å². The van der Waals surface area contributed by atoms with E-state index in [1.165, 1.54) is 0 Å². The average Bonchev–Trinajstić information content (AvgIpc) is 2.79. The van der Waals surface area contributed by atoms with E-state index in [9.17, 15) is 19.2 Å². The molecule has 0 aromatic carbocycles. The molecule has 1 atom stereocenters. The van der Waals surface area contributed by atoms with E-state index in [2.05, 4.69) is 22.9 Å². The second-order valence-electron chi connectivity index (χ2n) is 7.17. The molecule has 5 amide bonds. The second-order valence-corrected chi connectivity index (χ2v) is 7.17. The normalized spacial score (nSPS) is 27.2. The molecule has 1 saturated heterocycles. The molecule has 25 heavy (non-hydrogen) atoms. The number of rotatable bonds is 6. The zero-order valence-electron chi connectivity index (χ0n) is 15.2. The third-order valence-electron chi connectivity index (χ3n) is 5.00. The summed E-state index contributed by atoms with van der Waals surface area (Å²) in [5.74, 6) is -0.605. The van der Waals surface area contributed by atoms with E-state index in [1.54, 1.807) is 6.92 Å². The molecule has 140 valence electrons. The summed E-state index contributed by atoms with van der Waals surface area (Å²) in [6.07, 6.45) is 3.76. The van der Waals surface area contributed by atoms with Crippen molar-refractivity contribution >= 4 is 23.8 Å². The molecule has 0 radical (unpaired) electrons. The molecule has 1 heterocycles. The van der Waals surface area contributed by atoms with Crippen molar-refractivity contribution in [2.24, 2.45) is 5.92 Å². The lowest BCUT2D eigenvalue weighted by Gasteiger charge is -2.33. The fourth-order valence-electron chi connectivity index (χ4n) is 3.31. The summed E-state index contributed by atoms with van der Waals surface area (Å²) in [4.78, 5) is 49.7. The van der Waals surface area contributed by atoms with Crippen molar-refractivity contribution in [3.05, 3.63) is 0 Å². The van der Waals surface area contributed by atoms with Crippen LogP contribution < -0.4 is 16.0 Å². The van der Waals surface area contributed by atoms with E-state index < -0.39 is 23.5 Å². The zero-order chi connectivity index (χ0) is 18.6. The van der Waals surface area contributed by atoms with Gasteiger partial charge in [-0.2, -0.15) is 0 Å². The lowest BCUT2D eigenvalue weighted by Crippen LogP contribution is -2.51. The van der Waals surface area contributed by atoms with Crippen LogP contribution in [-0.4, -0.2) is 53.3 Å². The maximum absolute atomic E-state index is 12.7. The van der Waals surface area contributed by atoms with Crippen LogP contribution in [0.15, 0.2) is 0 Å². The fourth-order valence-corrected chi connectivity index (χ4v) is 3.31. The number of nitrogens with one attached hydrogen (secondary N) is 3. The monoisotopic (exact) mass is 352 g/mol. The molecule has 1 spiro atoms. The average molecular weight is 352 g/mol. The molecule has 1 aliphatic heterocycles. The Morgan fingerprint density at radius 1 is 1.32 bits per heavy atom. The van der Waals surface area contributed by atoms with Gasteiger partial charge in [-0.05, 0) is 44.9 Å². The number of carbonyl (C=O) groups is 4. The van der Waals surface area contributed by atoms with Gasteiger partial charge < -0.3 is 16.0 Å². The van der Waals surface area contributed by atoms with Gasteiger partial charge in [0.2, 0.25) is 11.8 Å². The molecular weight excluding hydrogens is 324 g/mol. The van der Waals surface area contributed by atoms with Gasteiger partial charge in [-0.25, -0.2) is 4.79 Å². The Labute approximate surface area is 148 Å². The number of carbonyl (C=O) groups excluding carboxylic acids is 4. The van der Waals surface area contributed by atoms with Crippen LogP contribution in [0.2, 0.25) is 0 Å². The Balaban J connectivity index is 1.91. The fraction of sp³-hybridized carbons (Fsp3) is 0.765. The number of imide groups is 1. The molecule has 2 aliphatic rings. The lowest BCUT2D eigenvalue weighted by atomic mass is 9.77. The maximum Gasteiger partial charge on any atom is 0.325 e. The number of nitrogens with zero attached hydrogens (tertiary/aromatic N) is 1. The number of urea groups is 1. The molecule has 0 bridgehead atoms. The minimum absolute atomic E-state index is 0.287. The predicted octanol–water partition coefficient (Wildman–Crippen LogP) is 0.518. The van der Waals surface area contributed by atoms with E-state index >= 15 is 0 Å². The Bertz CT molecular complexity index is 555. The zero-order valence-corrected chi connectivity index (χ0v) is 15.2. The van der Waals surface area contributed by atoms with E-state index in [0.29, 0.717) is 25.3 Å². The van der Waals surface area contributed by atoms with Crippen molar-refractivity contribution in [3.8, 4) is 0 Å². The van der Waals surface area contributed by atoms with Crippen molar-refractivity contribution in [3.63, 3.8) is 0 Å². The molecule has 2 rings (SSSR count). The standard InChI is InChI=1S/C17H28N4O4/c1-4-9-18-14(23)12(3)19-13(22)10-21-15(24)17(20-16(21)25)7-5-11(2)6-8-17/h11-12H,4-10H2,1-3H3,(H,18,23)(H,19,22)(H,20,25)/t11?,12-,17?/m1/s1. The van der Waals surface area contributed by atoms with Crippen molar-refractivity contribution in [2.75, 3.05) is 13.1 Å². The summed E-state index contributed by atoms with van der Waals surface area (Å²) < 4.78 is 0. The highest BCUT2D eigenvalue weighted by molar-refractivity contribution is 6.09. The molecule has 0 aromatic rings. The molecule has 0 unspecified atom stereocenters. The molecule has 3 N–H and O–H groups in total. The molecule has 8 heteroatoms. The predicted molar refractivity (Wildman–Crippen MR) is 91.5 cm³/mol. The SMILES string of the molecule is CCCNC(=O)[C@@H](C)NC(=O)CN1C(=O)NC2(CCC(C)CC2)C1=O. The van der Waals surface area contributed by atoms with Crippen LogP contribution in [0.1, 0.15) is 52.9 Å². The summed E-state index contributed by atoms with van der Waals surface area (Å²) in [6, 6.07) is -1.25. The number of hydrogen-bond acceptors (Lipinski definition) is 4. The highest BCUT2D eigenvalue weighted by Crippen LogP contribution is 2.36. The summed E-state index contributed by atoms with van der Waals surface area (Å²) in [6.45, 7) is 5.80. The quantitative estimate of drug-likeness (QED) is 0.606. The van der Waals surface area contributed by atoms with Crippen LogP contribution in [-0.2, 0) is 14.4 Å². The van der Waals surface area contributed by atoms with Crippen molar-refractivity contribution < 1.29 is 19.2 Å². The molecule has 0 aromatic heterocycles. The van der Waals surface area contributed by atoms with Crippen molar-refractivity contribution in [2.45, 2.75) is 64.5 Å². The van der Waals surface area contributed by atoms with Gasteiger partial charge in [0.1, 0.15) is 18.1 Å². The molecule has 1 saturated carbocycles. The van der Waals surface area contributed by atoms with Crippen LogP contribution in [0.3, 0.4) is 0 Å². The minimum Gasteiger partial charge on any atom is -0.354 e. The van der Waals surface area contributed by atoms with Crippen molar-refractivity contribution in [1.82, 2.24) is 20.9 Å². The highest BCUT2D eigenvalue weighted by Gasteiger charge is 2.52. The van der Waals surface area contributed by atoms with Gasteiger partial charge in [0.05, 0.1) is 0 Å². The van der Waals surface area contributed by atoms with Crippen LogP contribution in [0.25, 0.3) is 0 Å². The smallest absolute Gasteiger partial charge is 0.325 e. The molecule has 1 aliphatic carbocycles. The van der Waals surface area contributed by atoms with E-state index in [4.69, 9.17) is 0 Å².